The van der Waals surface area contributed by atoms with E-state index in [1.807, 2.05) is 4.68 Å². The summed E-state index contributed by atoms with van der Waals surface area (Å²) in [5.41, 5.74) is 7.03. The lowest BCUT2D eigenvalue weighted by Gasteiger charge is -2.11. The molecule has 0 spiro atoms. The maximum absolute atomic E-state index is 6.03. The molecule has 2 N–H and O–H groups in total. The monoisotopic (exact) mass is 283 g/mol. The third kappa shape index (κ3) is 1.74. The predicted molar refractivity (Wildman–Crippen MR) is 70.6 cm³/mol. The molecule has 0 aliphatic heterocycles. The van der Waals surface area contributed by atoms with E-state index in [-0.39, 0.29) is 5.54 Å². The Morgan fingerprint density at radius 3 is 2.67 bits per heavy atom. The van der Waals surface area contributed by atoms with E-state index in [0.717, 1.165) is 18.4 Å². The topological polar surface area (TPSA) is 69.6 Å². The molecule has 0 radical (unpaired) electrons. The minimum atomic E-state index is 0.0136. The van der Waals surface area contributed by atoms with Crippen LogP contribution < -0.4 is 5.73 Å². The fraction of sp³-hybridized carbons (Fsp3) is 0.364. The van der Waals surface area contributed by atoms with Crippen LogP contribution in [-0.4, -0.2) is 20.2 Å². The van der Waals surface area contributed by atoms with Gasteiger partial charge in [-0.2, -0.15) is 0 Å². The van der Waals surface area contributed by atoms with Crippen molar-refractivity contribution in [3.8, 4) is 11.4 Å². The van der Waals surface area contributed by atoms with E-state index in [4.69, 9.17) is 28.9 Å². The van der Waals surface area contributed by atoms with Gasteiger partial charge in [0.2, 0.25) is 0 Å². The van der Waals surface area contributed by atoms with Gasteiger partial charge in [-0.25, -0.2) is 4.68 Å². The molecule has 18 heavy (non-hydrogen) atoms. The van der Waals surface area contributed by atoms with Gasteiger partial charge in [0.05, 0.1) is 21.3 Å². The Morgan fingerprint density at radius 1 is 1.33 bits per heavy atom. The van der Waals surface area contributed by atoms with Crippen LogP contribution in [0.4, 0.5) is 5.69 Å². The third-order valence-electron chi connectivity index (χ3n) is 3.27. The van der Waals surface area contributed by atoms with Crippen molar-refractivity contribution in [3.63, 3.8) is 0 Å². The summed E-state index contributed by atoms with van der Waals surface area (Å²) < 4.78 is 1.83. The van der Waals surface area contributed by atoms with Gasteiger partial charge in [-0.15, -0.1) is 5.10 Å². The Balaban J connectivity index is 2.13. The van der Waals surface area contributed by atoms with E-state index < -0.39 is 0 Å². The number of halogens is 2. The number of rotatable bonds is 2. The number of anilines is 1. The van der Waals surface area contributed by atoms with Gasteiger partial charge < -0.3 is 5.73 Å². The Kier molecular flexibility index (Phi) is 2.50. The first kappa shape index (κ1) is 11.7. The van der Waals surface area contributed by atoms with Gasteiger partial charge >= 0.3 is 0 Å². The largest absolute Gasteiger partial charge is 0.397 e. The highest BCUT2D eigenvalue weighted by Crippen LogP contribution is 2.44. The Labute approximate surface area is 114 Å². The number of tetrazole rings is 1. The number of aromatic nitrogens is 4. The summed E-state index contributed by atoms with van der Waals surface area (Å²) in [6, 6.07) is 3.47. The molecule has 2 aromatic rings. The molecular weight excluding hydrogens is 273 g/mol. The van der Waals surface area contributed by atoms with Gasteiger partial charge in [0.15, 0.2) is 5.82 Å². The summed E-state index contributed by atoms with van der Waals surface area (Å²) in [5.74, 6) is 0.667. The second-order valence-electron chi connectivity index (χ2n) is 4.77. The Hall–Kier alpha value is -1.33. The lowest BCUT2D eigenvalue weighted by Crippen LogP contribution is -2.15. The standard InChI is InChI=1S/C11H11Cl2N5/c1-11(2-3-11)18-10(15-16-17-18)6-4-7(12)9(13)8(14)5-6/h4-5H,2-3,14H2,1H3. The molecule has 0 unspecified atom stereocenters. The lowest BCUT2D eigenvalue weighted by molar-refractivity contribution is 0.463. The zero-order valence-corrected chi connectivity index (χ0v) is 11.2. The van der Waals surface area contributed by atoms with Crippen molar-refractivity contribution in [2.75, 3.05) is 5.73 Å². The van der Waals surface area contributed by atoms with Crippen molar-refractivity contribution in [2.24, 2.45) is 0 Å². The van der Waals surface area contributed by atoms with Crippen molar-refractivity contribution in [1.29, 1.82) is 0 Å². The summed E-state index contributed by atoms with van der Waals surface area (Å²) in [6.07, 6.45) is 2.14. The molecule has 1 aliphatic rings. The molecule has 0 saturated heterocycles. The van der Waals surface area contributed by atoms with Crippen LogP contribution in [0.1, 0.15) is 19.8 Å². The van der Waals surface area contributed by atoms with Crippen molar-refractivity contribution in [1.82, 2.24) is 20.2 Å². The zero-order valence-electron chi connectivity index (χ0n) is 9.69. The van der Waals surface area contributed by atoms with Crippen molar-refractivity contribution >= 4 is 28.9 Å². The number of nitrogens with zero attached hydrogens (tertiary/aromatic N) is 4. The minimum Gasteiger partial charge on any atom is -0.397 e. The first-order valence-corrected chi connectivity index (χ1v) is 6.31. The molecule has 1 saturated carbocycles. The summed E-state index contributed by atoms with van der Waals surface area (Å²) in [6.45, 7) is 2.12. The van der Waals surface area contributed by atoms with Gasteiger partial charge in [-0.1, -0.05) is 23.2 Å². The fourth-order valence-electron chi connectivity index (χ4n) is 1.86. The summed E-state index contributed by atoms with van der Waals surface area (Å²) in [7, 11) is 0. The number of nitrogen functional groups attached to an aromatic ring is 1. The van der Waals surface area contributed by atoms with Crippen LogP contribution in [0.25, 0.3) is 11.4 Å². The highest BCUT2D eigenvalue weighted by Gasteiger charge is 2.42. The molecule has 1 fully saturated rings. The van der Waals surface area contributed by atoms with E-state index in [1.165, 1.54) is 0 Å². The van der Waals surface area contributed by atoms with Crippen LogP contribution in [0, 0.1) is 0 Å². The maximum atomic E-state index is 6.03. The van der Waals surface area contributed by atoms with Crippen molar-refractivity contribution in [2.45, 2.75) is 25.3 Å². The summed E-state index contributed by atoms with van der Waals surface area (Å²) in [5, 5.41) is 12.6. The predicted octanol–water partition coefficient (Wildman–Crippen LogP) is 2.74. The van der Waals surface area contributed by atoms with Gasteiger partial charge in [-0.3, -0.25) is 0 Å². The maximum Gasteiger partial charge on any atom is 0.182 e. The van der Waals surface area contributed by atoms with Crippen molar-refractivity contribution in [3.05, 3.63) is 22.2 Å². The highest BCUT2D eigenvalue weighted by molar-refractivity contribution is 6.43. The number of nitrogens with two attached hydrogens (primary N) is 1. The molecule has 1 aromatic heterocycles. The van der Waals surface area contributed by atoms with Crippen LogP contribution in [0.2, 0.25) is 10.0 Å². The third-order valence-corrected chi connectivity index (χ3v) is 4.09. The number of hydrogen-bond donors (Lipinski definition) is 1. The van der Waals surface area contributed by atoms with E-state index in [0.29, 0.717) is 21.6 Å². The van der Waals surface area contributed by atoms with Gasteiger partial charge in [0.1, 0.15) is 0 Å². The molecule has 3 rings (SSSR count). The molecule has 94 valence electrons. The molecule has 1 aliphatic carbocycles. The molecule has 0 amide bonds. The second kappa shape index (κ2) is 3.83. The minimum absolute atomic E-state index is 0.0136. The van der Waals surface area contributed by atoms with E-state index in [9.17, 15) is 0 Å². The fourth-order valence-corrected chi connectivity index (χ4v) is 2.20. The van der Waals surface area contributed by atoms with Crippen LogP contribution in [0.3, 0.4) is 0 Å². The van der Waals surface area contributed by atoms with Gasteiger partial charge in [0, 0.05) is 5.56 Å². The number of benzene rings is 1. The Bertz CT molecular complexity index is 595. The highest BCUT2D eigenvalue weighted by atomic mass is 35.5. The van der Waals surface area contributed by atoms with Crippen LogP contribution >= 0.6 is 23.2 Å². The molecular formula is C11H11Cl2N5. The molecule has 0 atom stereocenters. The average molecular weight is 284 g/mol. The zero-order chi connectivity index (χ0) is 12.9. The first-order valence-electron chi connectivity index (χ1n) is 5.55. The molecule has 1 heterocycles. The molecule has 0 bridgehead atoms. The molecule has 5 nitrogen and oxygen atoms in total. The van der Waals surface area contributed by atoms with Gasteiger partial charge in [0.25, 0.3) is 0 Å². The van der Waals surface area contributed by atoms with E-state index in [2.05, 4.69) is 22.4 Å². The lowest BCUT2D eigenvalue weighted by atomic mass is 10.1. The van der Waals surface area contributed by atoms with E-state index >= 15 is 0 Å². The van der Waals surface area contributed by atoms with Crippen LogP contribution in [0.5, 0.6) is 0 Å². The summed E-state index contributed by atoms with van der Waals surface area (Å²) >= 11 is 12.0. The average Bonchev–Trinajstić information content (AvgIpc) is 2.90. The smallest absolute Gasteiger partial charge is 0.182 e. The normalized spacial score (nSPS) is 16.8. The SMILES string of the molecule is CC1(n2nnnc2-c2cc(N)c(Cl)c(Cl)c2)CC1. The van der Waals surface area contributed by atoms with E-state index in [1.54, 1.807) is 12.1 Å². The number of hydrogen-bond acceptors (Lipinski definition) is 4. The van der Waals surface area contributed by atoms with Crippen LogP contribution in [0.15, 0.2) is 12.1 Å². The quantitative estimate of drug-likeness (QED) is 0.861. The second-order valence-corrected chi connectivity index (χ2v) is 5.56. The first-order chi connectivity index (χ1) is 8.51. The molecule has 1 aromatic carbocycles. The van der Waals surface area contributed by atoms with Crippen LogP contribution in [-0.2, 0) is 5.54 Å². The Morgan fingerprint density at radius 2 is 2.06 bits per heavy atom. The van der Waals surface area contributed by atoms with Crippen molar-refractivity contribution < 1.29 is 0 Å². The molecule has 7 heteroatoms. The summed E-state index contributed by atoms with van der Waals surface area (Å²) in [4.78, 5) is 0. The van der Waals surface area contributed by atoms with Gasteiger partial charge in [-0.05, 0) is 42.3 Å².